The Kier molecular flexibility index (Phi) is 5.30. The maximum absolute atomic E-state index is 13.5. The van der Waals surface area contributed by atoms with Gasteiger partial charge in [-0.1, -0.05) is 24.2 Å². The van der Waals surface area contributed by atoms with E-state index in [9.17, 15) is 4.39 Å². The third kappa shape index (κ3) is 4.06. The Bertz CT molecular complexity index is 1080. The Morgan fingerprint density at radius 1 is 1.20 bits per heavy atom. The molecule has 0 spiro atoms. The lowest BCUT2D eigenvalue weighted by Crippen LogP contribution is -2.45. The molecule has 3 aromatic rings. The number of nitrogens with two attached hydrogens (primary N) is 1. The van der Waals surface area contributed by atoms with Gasteiger partial charge in [-0.3, -0.25) is 0 Å². The molecule has 5 nitrogen and oxygen atoms in total. The summed E-state index contributed by atoms with van der Waals surface area (Å²) < 4.78 is 15.6. The van der Waals surface area contributed by atoms with Crippen LogP contribution in [0.1, 0.15) is 19.7 Å². The van der Waals surface area contributed by atoms with Crippen LogP contribution in [-0.2, 0) is 13.1 Å². The first-order valence-electron chi connectivity index (χ1n) is 9.83. The van der Waals surface area contributed by atoms with E-state index in [1.807, 2.05) is 38.1 Å². The van der Waals surface area contributed by atoms with Gasteiger partial charge in [-0.2, -0.15) is 0 Å². The zero-order valence-corrected chi connectivity index (χ0v) is 17.9. The number of nitrogens with zero attached hydrogens (tertiary/aromatic N) is 3. The van der Waals surface area contributed by atoms with Crippen molar-refractivity contribution in [1.29, 1.82) is 0 Å². The minimum absolute atomic E-state index is 0.278. The molecule has 0 aliphatic carbocycles. The molecule has 1 aliphatic rings. The lowest BCUT2D eigenvalue weighted by atomic mass is 10.0. The van der Waals surface area contributed by atoms with Gasteiger partial charge in [-0.25, -0.2) is 9.37 Å². The first kappa shape index (κ1) is 20.4. The second kappa shape index (κ2) is 7.78. The summed E-state index contributed by atoms with van der Waals surface area (Å²) in [6.07, 6.45) is 0. The molecule has 0 saturated heterocycles. The number of aromatic nitrogens is 2. The largest absolute Gasteiger partial charge is 0.365 e. The molecule has 30 heavy (non-hydrogen) atoms. The molecule has 156 valence electrons. The van der Waals surface area contributed by atoms with Crippen LogP contribution in [-0.4, -0.2) is 26.5 Å². The van der Waals surface area contributed by atoms with Gasteiger partial charge in [0, 0.05) is 40.6 Å². The summed E-state index contributed by atoms with van der Waals surface area (Å²) >= 11 is 6.17. The van der Waals surface area contributed by atoms with Crippen molar-refractivity contribution in [2.75, 3.05) is 11.9 Å². The van der Waals surface area contributed by atoms with Crippen LogP contribution in [0.4, 0.5) is 15.9 Å². The molecule has 0 amide bonds. The Morgan fingerprint density at radius 2 is 1.93 bits per heavy atom. The van der Waals surface area contributed by atoms with Crippen LogP contribution in [0, 0.1) is 5.82 Å². The van der Waals surface area contributed by atoms with Gasteiger partial charge in [0.05, 0.1) is 6.54 Å². The Hall–Kier alpha value is -2.83. The molecule has 0 atom stereocenters. The van der Waals surface area contributed by atoms with Gasteiger partial charge < -0.3 is 20.5 Å². The van der Waals surface area contributed by atoms with E-state index in [4.69, 9.17) is 22.3 Å². The predicted octanol–water partition coefficient (Wildman–Crippen LogP) is 5.15. The van der Waals surface area contributed by atoms with Gasteiger partial charge in [0.15, 0.2) is 0 Å². The topological polar surface area (TPSA) is 59.1 Å². The second-order valence-corrected chi connectivity index (χ2v) is 8.55. The fraction of sp³-hybridized carbons (Fsp3) is 0.261. The average Bonchev–Trinajstić information content (AvgIpc) is 3.05. The van der Waals surface area contributed by atoms with Gasteiger partial charge >= 0.3 is 0 Å². The second-order valence-electron chi connectivity index (χ2n) is 8.11. The molecule has 2 aromatic carbocycles. The quantitative estimate of drug-likeness (QED) is 0.593. The van der Waals surface area contributed by atoms with Crippen LogP contribution in [0.25, 0.3) is 11.3 Å². The fourth-order valence-corrected chi connectivity index (χ4v) is 3.80. The highest BCUT2D eigenvalue weighted by atomic mass is 35.5. The number of anilines is 2. The number of benzene rings is 2. The van der Waals surface area contributed by atoms with E-state index < -0.39 is 5.54 Å². The lowest BCUT2D eigenvalue weighted by molar-refractivity contribution is 0.243. The number of fused-ring (bicyclic) bond motifs is 1. The smallest absolute Gasteiger partial charge is 0.138 e. The number of rotatable bonds is 5. The minimum atomic E-state index is -0.504. The molecular weight excluding hydrogens is 401 g/mol. The van der Waals surface area contributed by atoms with Crippen LogP contribution >= 0.6 is 11.6 Å². The Morgan fingerprint density at radius 3 is 2.60 bits per heavy atom. The van der Waals surface area contributed by atoms with Crippen LogP contribution in [0.3, 0.4) is 0 Å². The molecule has 0 unspecified atom stereocenters. The van der Waals surface area contributed by atoms with Crippen LogP contribution < -0.4 is 11.1 Å². The van der Waals surface area contributed by atoms with Crippen molar-refractivity contribution in [3.63, 3.8) is 0 Å². The van der Waals surface area contributed by atoms with Crippen molar-refractivity contribution in [3.8, 4) is 11.3 Å². The van der Waals surface area contributed by atoms with Gasteiger partial charge in [0.2, 0.25) is 0 Å². The predicted molar refractivity (Wildman–Crippen MR) is 120 cm³/mol. The first-order valence-corrected chi connectivity index (χ1v) is 10.2. The molecule has 0 saturated carbocycles. The Labute approximate surface area is 181 Å². The standard InChI is InChI=1S/C23H25ClFN5/c1-15(23(2,3)26)29-11-12-30-20(14-29)28-21(16-7-9-18(25)10-8-16)22(30)27-19-6-4-5-17(24)13-19/h4-10,13,27H,1,11-12,14,26H2,2-3H3. The maximum atomic E-state index is 13.5. The van der Waals surface area contributed by atoms with Crippen molar-refractivity contribution in [2.24, 2.45) is 5.73 Å². The lowest BCUT2D eigenvalue weighted by Gasteiger charge is -2.37. The third-order valence-corrected chi connectivity index (χ3v) is 5.54. The zero-order valence-electron chi connectivity index (χ0n) is 17.1. The molecule has 0 bridgehead atoms. The summed E-state index contributed by atoms with van der Waals surface area (Å²) in [7, 11) is 0. The fourth-order valence-electron chi connectivity index (χ4n) is 3.61. The SMILES string of the molecule is C=C(N1CCn2c(nc(-c3ccc(F)cc3)c2Nc2cccc(Cl)c2)C1)C(C)(C)N. The van der Waals surface area contributed by atoms with Gasteiger partial charge in [-0.05, 0) is 56.3 Å². The van der Waals surface area contributed by atoms with Crippen LogP contribution in [0.2, 0.25) is 5.02 Å². The van der Waals surface area contributed by atoms with Gasteiger partial charge in [0.25, 0.3) is 0 Å². The molecule has 0 radical (unpaired) electrons. The third-order valence-electron chi connectivity index (χ3n) is 5.30. The van der Waals surface area contributed by atoms with Crippen LogP contribution in [0.15, 0.2) is 60.8 Å². The van der Waals surface area contributed by atoms with E-state index in [2.05, 4.69) is 21.4 Å². The van der Waals surface area contributed by atoms with Crippen molar-refractivity contribution < 1.29 is 4.39 Å². The molecule has 2 heterocycles. The normalized spacial score (nSPS) is 13.8. The summed E-state index contributed by atoms with van der Waals surface area (Å²) in [5, 5.41) is 4.11. The van der Waals surface area contributed by atoms with E-state index in [1.165, 1.54) is 12.1 Å². The molecule has 7 heteroatoms. The first-order chi connectivity index (χ1) is 14.2. The average molecular weight is 426 g/mol. The summed E-state index contributed by atoms with van der Waals surface area (Å²) in [5.74, 6) is 1.48. The number of hydrogen-bond acceptors (Lipinski definition) is 4. The number of hydrogen-bond donors (Lipinski definition) is 2. The van der Waals surface area contributed by atoms with Crippen molar-refractivity contribution in [3.05, 3.63) is 77.5 Å². The zero-order chi connectivity index (χ0) is 21.5. The van der Waals surface area contributed by atoms with E-state index in [1.54, 1.807) is 12.1 Å². The Balaban J connectivity index is 1.75. The van der Waals surface area contributed by atoms with E-state index in [0.29, 0.717) is 11.6 Å². The molecule has 3 N–H and O–H groups in total. The highest BCUT2D eigenvalue weighted by molar-refractivity contribution is 6.30. The van der Waals surface area contributed by atoms with Gasteiger partial charge in [-0.15, -0.1) is 0 Å². The van der Waals surface area contributed by atoms with E-state index in [-0.39, 0.29) is 5.82 Å². The maximum Gasteiger partial charge on any atom is 0.138 e. The molecule has 1 aliphatic heterocycles. The molecule has 0 fully saturated rings. The van der Waals surface area contributed by atoms with Crippen LogP contribution in [0.5, 0.6) is 0 Å². The summed E-state index contributed by atoms with van der Waals surface area (Å²) in [6.45, 7) is 10.2. The van der Waals surface area contributed by atoms with Crippen molar-refractivity contribution in [1.82, 2.24) is 14.5 Å². The monoisotopic (exact) mass is 425 g/mol. The minimum Gasteiger partial charge on any atom is -0.365 e. The molecule has 1 aromatic heterocycles. The van der Waals surface area contributed by atoms with E-state index in [0.717, 1.165) is 47.4 Å². The highest BCUT2D eigenvalue weighted by Gasteiger charge is 2.28. The van der Waals surface area contributed by atoms with Crippen molar-refractivity contribution >= 4 is 23.1 Å². The number of halogens is 2. The molecule has 4 rings (SSSR count). The van der Waals surface area contributed by atoms with E-state index >= 15 is 0 Å². The summed E-state index contributed by atoms with van der Waals surface area (Å²) in [5.41, 5.74) is 9.11. The van der Waals surface area contributed by atoms with Gasteiger partial charge in [0.1, 0.15) is 23.2 Å². The molecular formula is C23H25ClFN5. The number of imidazole rings is 1. The summed E-state index contributed by atoms with van der Waals surface area (Å²) in [4.78, 5) is 7.07. The number of nitrogens with one attached hydrogen (secondary N) is 1. The van der Waals surface area contributed by atoms with Crippen molar-refractivity contribution in [2.45, 2.75) is 32.5 Å². The summed E-state index contributed by atoms with van der Waals surface area (Å²) in [6, 6.07) is 13.9. The highest BCUT2D eigenvalue weighted by Crippen LogP contribution is 2.34.